The van der Waals surface area contributed by atoms with Gasteiger partial charge in [0.15, 0.2) is 6.10 Å². The molecule has 2 aromatic rings. The summed E-state index contributed by atoms with van der Waals surface area (Å²) >= 11 is 6.16. The van der Waals surface area contributed by atoms with E-state index in [-0.39, 0.29) is 33.9 Å². The highest BCUT2D eigenvalue weighted by atomic mass is 35.5. The molecule has 0 radical (unpaired) electrons. The molecule has 1 aromatic carbocycles. The van der Waals surface area contributed by atoms with E-state index in [0.29, 0.717) is 18.7 Å². The minimum Gasteiger partial charge on any atom is -0.485 e. The number of aromatic nitrogens is 1. The third-order valence-corrected chi connectivity index (χ3v) is 4.46. The fourth-order valence-corrected chi connectivity index (χ4v) is 2.75. The molecule has 1 fully saturated rings. The van der Waals surface area contributed by atoms with Crippen LogP contribution in [0.4, 0.5) is 8.78 Å². The standard InChI is InChI=1S/C19H17ClF2N2O5/c20-16-6-12(18(25)24-2-1-3-24)10-23-17(16)29-14-5-11(19(26)27)4-13(7-14)28-15(8-21)9-22/h4-7,10,15H,1-3,8-9H2,(H,26,27). The van der Waals surface area contributed by atoms with Crippen molar-refractivity contribution in [1.82, 2.24) is 9.88 Å². The van der Waals surface area contributed by atoms with Gasteiger partial charge in [-0.2, -0.15) is 0 Å². The predicted octanol–water partition coefficient (Wildman–Crippen LogP) is 3.76. The number of nitrogens with zero attached hydrogens (tertiary/aromatic N) is 2. The molecule has 154 valence electrons. The van der Waals surface area contributed by atoms with Crippen molar-refractivity contribution in [3.63, 3.8) is 0 Å². The first-order valence-corrected chi connectivity index (χ1v) is 9.08. The van der Waals surface area contributed by atoms with Crippen molar-refractivity contribution in [1.29, 1.82) is 0 Å². The Morgan fingerprint density at radius 3 is 2.38 bits per heavy atom. The van der Waals surface area contributed by atoms with Gasteiger partial charge in [0.05, 0.1) is 11.1 Å². The van der Waals surface area contributed by atoms with Crippen LogP contribution < -0.4 is 9.47 Å². The topological polar surface area (TPSA) is 89.0 Å². The summed E-state index contributed by atoms with van der Waals surface area (Å²) in [5, 5.41) is 9.28. The molecule has 1 aliphatic heterocycles. The van der Waals surface area contributed by atoms with Gasteiger partial charge in [0.1, 0.15) is 29.9 Å². The number of halogens is 3. The smallest absolute Gasteiger partial charge is 0.335 e. The number of pyridine rings is 1. The third kappa shape index (κ3) is 4.92. The molecule has 1 saturated heterocycles. The number of amides is 1. The van der Waals surface area contributed by atoms with E-state index >= 15 is 0 Å². The van der Waals surface area contributed by atoms with E-state index in [1.807, 2.05) is 0 Å². The number of rotatable bonds is 8. The molecule has 0 unspecified atom stereocenters. The Morgan fingerprint density at radius 1 is 1.14 bits per heavy atom. The van der Waals surface area contributed by atoms with Crippen molar-refractivity contribution >= 4 is 23.5 Å². The average Bonchev–Trinajstić information content (AvgIpc) is 2.66. The second kappa shape index (κ2) is 9.04. The first kappa shape index (κ1) is 20.8. The van der Waals surface area contributed by atoms with Crippen LogP contribution in [0.3, 0.4) is 0 Å². The minimum atomic E-state index is -1.36. The third-order valence-electron chi connectivity index (χ3n) is 4.19. The predicted molar refractivity (Wildman–Crippen MR) is 99.6 cm³/mol. The van der Waals surface area contributed by atoms with Gasteiger partial charge in [-0.25, -0.2) is 18.6 Å². The van der Waals surface area contributed by atoms with Crippen LogP contribution in [0, 0.1) is 0 Å². The van der Waals surface area contributed by atoms with Crippen LogP contribution in [0.2, 0.25) is 5.02 Å². The summed E-state index contributed by atoms with van der Waals surface area (Å²) < 4.78 is 36.1. The van der Waals surface area contributed by atoms with Gasteiger partial charge in [-0.15, -0.1) is 0 Å². The fourth-order valence-electron chi connectivity index (χ4n) is 2.55. The number of ether oxygens (including phenoxy) is 2. The number of aromatic carboxylic acids is 1. The van der Waals surface area contributed by atoms with Gasteiger partial charge in [0, 0.05) is 25.4 Å². The number of hydrogen-bond acceptors (Lipinski definition) is 5. The van der Waals surface area contributed by atoms with Crippen LogP contribution in [0.15, 0.2) is 30.5 Å². The largest absolute Gasteiger partial charge is 0.485 e. The van der Waals surface area contributed by atoms with E-state index in [4.69, 9.17) is 21.1 Å². The molecule has 7 nitrogen and oxygen atoms in total. The van der Waals surface area contributed by atoms with Gasteiger partial charge >= 0.3 is 5.97 Å². The zero-order valence-corrected chi connectivity index (χ0v) is 15.9. The van der Waals surface area contributed by atoms with Gasteiger partial charge in [0.25, 0.3) is 5.91 Å². The second-order valence-electron chi connectivity index (χ2n) is 6.31. The van der Waals surface area contributed by atoms with Crippen LogP contribution in [0.1, 0.15) is 27.1 Å². The van der Waals surface area contributed by atoms with Gasteiger partial charge in [-0.1, -0.05) is 11.6 Å². The quantitative estimate of drug-likeness (QED) is 0.691. The maximum absolute atomic E-state index is 12.7. The summed E-state index contributed by atoms with van der Waals surface area (Å²) in [6, 6.07) is 4.98. The Labute approximate surface area is 169 Å². The van der Waals surface area contributed by atoms with Crippen molar-refractivity contribution < 1.29 is 33.0 Å². The number of carboxylic acid groups (broad SMARTS) is 1. The van der Waals surface area contributed by atoms with E-state index in [1.165, 1.54) is 24.4 Å². The van der Waals surface area contributed by atoms with Crippen molar-refractivity contribution in [3.05, 3.63) is 46.6 Å². The summed E-state index contributed by atoms with van der Waals surface area (Å²) in [4.78, 5) is 29.2. The number of carbonyl (C=O) groups is 2. The van der Waals surface area contributed by atoms with Crippen LogP contribution in [0.25, 0.3) is 0 Å². The number of carbonyl (C=O) groups excluding carboxylic acids is 1. The van der Waals surface area contributed by atoms with E-state index in [9.17, 15) is 23.5 Å². The molecule has 1 N–H and O–H groups in total. The van der Waals surface area contributed by atoms with E-state index in [1.54, 1.807) is 4.90 Å². The van der Waals surface area contributed by atoms with E-state index in [0.717, 1.165) is 12.5 Å². The molecule has 0 saturated carbocycles. The van der Waals surface area contributed by atoms with Crippen molar-refractivity contribution in [3.8, 4) is 17.4 Å². The first-order valence-electron chi connectivity index (χ1n) is 8.71. The number of hydrogen-bond donors (Lipinski definition) is 1. The Kier molecular flexibility index (Phi) is 6.48. The maximum Gasteiger partial charge on any atom is 0.335 e. The number of alkyl halides is 2. The van der Waals surface area contributed by atoms with Crippen molar-refractivity contribution in [2.24, 2.45) is 0 Å². The molecule has 10 heteroatoms. The van der Waals surface area contributed by atoms with Gasteiger partial charge in [0.2, 0.25) is 5.88 Å². The maximum atomic E-state index is 12.7. The van der Waals surface area contributed by atoms with Gasteiger partial charge < -0.3 is 19.5 Å². The van der Waals surface area contributed by atoms with Crippen LogP contribution in [-0.2, 0) is 0 Å². The molecule has 0 bridgehead atoms. The van der Waals surface area contributed by atoms with Crippen LogP contribution in [-0.4, -0.2) is 59.4 Å². The van der Waals surface area contributed by atoms with Crippen LogP contribution >= 0.6 is 11.6 Å². The first-order chi connectivity index (χ1) is 13.9. The Balaban J connectivity index is 1.83. The molecule has 3 rings (SSSR count). The Morgan fingerprint density at radius 2 is 1.83 bits per heavy atom. The number of benzene rings is 1. The second-order valence-corrected chi connectivity index (χ2v) is 6.71. The molecule has 0 atom stereocenters. The summed E-state index contributed by atoms with van der Waals surface area (Å²) in [5.41, 5.74) is 0.0914. The zero-order chi connectivity index (χ0) is 21.0. The highest BCUT2D eigenvalue weighted by Crippen LogP contribution is 2.32. The molecule has 29 heavy (non-hydrogen) atoms. The van der Waals surface area contributed by atoms with Gasteiger partial charge in [-0.3, -0.25) is 4.79 Å². The molecule has 2 heterocycles. The molecule has 1 aliphatic rings. The highest BCUT2D eigenvalue weighted by molar-refractivity contribution is 6.32. The van der Waals surface area contributed by atoms with Crippen LogP contribution in [0.5, 0.6) is 17.4 Å². The summed E-state index contributed by atoms with van der Waals surface area (Å²) in [7, 11) is 0. The normalized spacial score (nSPS) is 13.2. The molecule has 0 aliphatic carbocycles. The van der Waals surface area contributed by atoms with E-state index in [2.05, 4.69) is 4.98 Å². The number of carboxylic acids is 1. The zero-order valence-electron chi connectivity index (χ0n) is 15.1. The SMILES string of the molecule is O=C(O)c1cc(Oc2ncc(C(=O)N3CCC3)cc2Cl)cc(OC(CF)CF)c1. The van der Waals surface area contributed by atoms with E-state index < -0.39 is 25.4 Å². The minimum absolute atomic E-state index is 0.00687. The fraction of sp³-hybridized carbons (Fsp3) is 0.316. The lowest BCUT2D eigenvalue weighted by atomic mass is 10.1. The molecular weight excluding hydrogens is 410 g/mol. The lowest BCUT2D eigenvalue weighted by Gasteiger charge is -2.30. The molecule has 1 aromatic heterocycles. The molecule has 0 spiro atoms. The monoisotopic (exact) mass is 426 g/mol. The molecular formula is C19H17ClF2N2O5. The average molecular weight is 427 g/mol. The van der Waals surface area contributed by atoms with Crippen molar-refractivity contribution in [2.45, 2.75) is 12.5 Å². The Hall–Kier alpha value is -2.94. The summed E-state index contributed by atoms with van der Waals surface area (Å²) in [6.45, 7) is -0.801. The number of likely N-dealkylation sites (tertiary alicyclic amines) is 1. The lowest BCUT2D eigenvalue weighted by molar-refractivity contribution is 0.0649. The highest BCUT2D eigenvalue weighted by Gasteiger charge is 2.23. The Bertz CT molecular complexity index is 919. The summed E-state index contributed by atoms with van der Waals surface area (Å²) in [5.74, 6) is -1.63. The lowest BCUT2D eigenvalue weighted by Crippen LogP contribution is -2.42. The molecule has 1 amide bonds. The van der Waals surface area contributed by atoms with Gasteiger partial charge in [-0.05, 0) is 24.6 Å². The summed E-state index contributed by atoms with van der Waals surface area (Å²) in [6.07, 6.45) is 0.896. The van der Waals surface area contributed by atoms with Crippen molar-refractivity contribution in [2.75, 3.05) is 26.4 Å².